The first-order valence-corrected chi connectivity index (χ1v) is 9.31. The fourth-order valence-electron chi connectivity index (χ4n) is 3.09. The molecule has 2 heterocycles. The van der Waals surface area contributed by atoms with Crippen molar-refractivity contribution in [3.05, 3.63) is 60.4 Å². The Labute approximate surface area is 167 Å². The molecule has 1 N–H and O–H groups in total. The molecule has 0 aliphatic carbocycles. The maximum atomic E-state index is 12.5. The molecule has 0 atom stereocenters. The number of fused-ring (bicyclic) bond motifs is 1. The van der Waals surface area contributed by atoms with E-state index in [0.29, 0.717) is 18.1 Å². The summed E-state index contributed by atoms with van der Waals surface area (Å²) in [4.78, 5) is 12.5. The highest BCUT2D eigenvalue weighted by atomic mass is 16.5. The molecular formula is C20H21N7O2. The second-order valence-electron chi connectivity index (χ2n) is 6.86. The number of rotatable bonds is 7. The van der Waals surface area contributed by atoms with Crippen LogP contribution in [0.15, 0.2) is 54.9 Å². The molecule has 4 rings (SSSR count). The van der Waals surface area contributed by atoms with Crippen LogP contribution in [0, 0.1) is 0 Å². The summed E-state index contributed by atoms with van der Waals surface area (Å²) in [6.07, 6.45) is 1.38. The molecule has 2 aromatic heterocycles. The van der Waals surface area contributed by atoms with E-state index in [1.165, 1.54) is 11.0 Å². The highest BCUT2D eigenvalue weighted by Gasteiger charge is 2.18. The van der Waals surface area contributed by atoms with E-state index in [4.69, 9.17) is 4.74 Å². The molecule has 0 saturated heterocycles. The number of carbonyl (C=O) groups is 1. The van der Waals surface area contributed by atoms with Gasteiger partial charge in [-0.2, -0.15) is 5.10 Å². The van der Waals surface area contributed by atoms with E-state index in [9.17, 15) is 4.79 Å². The summed E-state index contributed by atoms with van der Waals surface area (Å²) in [5.74, 6) is 0.850. The number of amides is 1. The van der Waals surface area contributed by atoms with Crippen molar-refractivity contribution >= 4 is 22.6 Å². The van der Waals surface area contributed by atoms with Gasteiger partial charge >= 0.3 is 0 Å². The molecule has 0 unspecified atom stereocenters. The second kappa shape index (κ2) is 8.09. The Bertz CT molecular complexity index is 1100. The van der Waals surface area contributed by atoms with E-state index in [0.717, 1.165) is 16.5 Å². The van der Waals surface area contributed by atoms with Crippen molar-refractivity contribution in [2.24, 2.45) is 0 Å². The molecule has 9 heteroatoms. The third kappa shape index (κ3) is 4.23. The Morgan fingerprint density at radius 3 is 2.69 bits per heavy atom. The van der Waals surface area contributed by atoms with Crippen molar-refractivity contribution in [2.45, 2.75) is 33.0 Å². The molecule has 148 valence electrons. The standard InChI is InChI=1S/C20H21N7O2/c1-14(2)29-17-10-6-9-16-19(17)20(22-18(28)12-26-13-21-24-25-26)23-27(16)11-15-7-4-3-5-8-15/h3-10,13-14H,11-12H2,1-2H3,(H,22,23,28). The number of hydrogen-bond donors (Lipinski definition) is 1. The number of anilines is 1. The Morgan fingerprint density at radius 2 is 1.97 bits per heavy atom. The lowest BCUT2D eigenvalue weighted by atomic mass is 10.2. The molecule has 0 saturated carbocycles. The molecule has 4 aromatic rings. The SMILES string of the molecule is CC(C)Oc1cccc2c1c(NC(=O)Cn1cnnn1)nn2Cc1ccccc1. The van der Waals surface area contributed by atoms with Gasteiger partial charge in [0, 0.05) is 0 Å². The van der Waals surface area contributed by atoms with Crippen LogP contribution in [0.25, 0.3) is 10.9 Å². The first-order chi connectivity index (χ1) is 14.1. The zero-order valence-corrected chi connectivity index (χ0v) is 16.2. The van der Waals surface area contributed by atoms with E-state index in [-0.39, 0.29) is 18.6 Å². The molecule has 0 bridgehead atoms. The van der Waals surface area contributed by atoms with Gasteiger partial charge in [-0.3, -0.25) is 9.48 Å². The molecule has 2 aromatic carbocycles. The number of hydrogen-bond acceptors (Lipinski definition) is 6. The van der Waals surface area contributed by atoms with Crippen molar-refractivity contribution in [2.75, 3.05) is 5.32 Å². The van der Waals surface area contributed by atoms with E-state index >= 15 is 0 Å². The molecule has 0 aliphatic rings. The van der Waals surface area contributed by atoms with Crippen LogP contribution >= 0.6 is 0 Å². The van der Waals surface area contributed by atoms with Crippen LogP contribution in [-0.4, -0.2) is 42.0 Å². The van der Waals surface area contributed by atoms with Crippen LogP contribution < -0.4 is 10.1 Å². The molecular weight excluding hydrogens is 370 g/mol. The Kier molecular flexibility index (Phi) is 5.19. The number of carbonyl (C=O) groups excluding carboxylic acids is 1. The molecule has 29 heavy (non-hydrogen) atoms. The summed E-state index contributed by atoms with van der Waals surface area (Å²) in [7, 11) is 0. The fraction of sp³-hybridized carbons (Fsp3) is 0.250. The van der Waals surface area contributed by atoms with Gasteiger partial charge in [-0.05, 0) is 42.0 Å². The van der Waals surface area contributed by atoms with Crippen LogP contribution in [0.4, 0.5) is 5.82 Å². The highest BCUT2D eigenvalue weighted by molar-refractivity contribution is 6.02. The van der Waals surface area contributed by atoms with Gasteiger partial charge in [0.2, 0.25) is 5.91 Å². The van der Waals surface area contributed by atoms with E-state index in [1.54, 1.807) is 0 Å². The number of aromatic nitrogens is 6. The second-order valence-corrected chi connectivity index (χ2v) is 6.86. The van der Waals surface area contributed by atoms with Gasteiger partial charge in [-0.15, -0.1) is 5.10 Å². The van der Waals surface area contributed by atoms with E-state index in [1.807, 2.05) is 67.1 Å². The summed E-state index contributed by atoms with van der Waals surface area (Å²) < 4.78 is 9.19. The van der Waals surface area contributed by atoms with Gasteiger partial charge in [0.15, 0.2) is 5.82 Å². The molecule has 1 amide bonds. The highest BCUT2D eigenvalue weighted by Crippen LogP contribution is 2.33. The van der Waals surface area contributed by atoms with Crippen molar-refractivity contribution in [3.63, 3.8) is 0 Å². The number of ether oxygens (including phenoxy) is 1. The zero-order valence-electron chi connectivity index (χ0n) is 16.2. The predicted octanol–water partition coefficient (Wildman–Crippen LogP) is 2.50. The van der Waals surface area contributed by atoms with Crippen molar-refractivity contribution < 1.29 is 9.53 Å². The summed E-state index contributed by atoms with van der Waals surface area (Å²) in [5, 5.41) is 19.1. The van der Waals surface area contributed by atoms with Crippen LogP contribution in [0.5, 0.6) is 5.75 Å². The van der Waals surface area contributed by atoms with Gasteiger partial charge in [-0.1, -0.05) is 36.4 Å². The van der Waals surface area contributed by atoms with Gasteiger partial charge in [-0.25, -0.2) is 4.68 Å². The predicted molar refractivity (Wildman–Crippen MR) is 107 cm³/mol. The van der Waals surface area contributed by atoms with Crippen LogP contribution in [0.3, 0.4) is 0 Å². The fourth-order valence-corrected chi connectivity index (χ4v) is 3.09. The third-order valence-electron chi connectivity index (χ3n) is 4.23. The number of nitrogens with one attached hydrogen (secondary N) is 1. The van der Waals surface area contributed by atoms with Crippen LogP contribution in [0.1, 0.15) is 19.4 Å². The van der Waals surface area contributed by atoms with Gasteiger partial charge in [0.1, 0.15) is 18.6 Å². The Hall–Kier alpha value is -3.75. The summed E-state index contributed by atoms with van der Waals surface area (Å²) in [5.41, 5.74) is 1.99. The lowest BCUT2D eigenvalue weighted by Crippen LogP contribution is -2.20. The summed E-state index contributed by atoms with van der Waals surface area (Å²) in [6, 6.07) is 15.8. The average Bonchev–Trinajstić information content (AvgIpc) is 3.31. The van der Waals surface area contributed by atoms with Gasteiger partial charge in [0.05, 0.1) is 23.6 Å². The van der Waals surface area contributed by atoms with Crippen molar-refractivity contribution in [1.29, 1.82) is 0 Å². The van der Waals surface area contributed by atoms with Crippen LogP contribution in [-0.2, 0) is 17.9 Å². The first-order valence-electron chi connectivity index (χ1n) is 9.31. The zero-order chi connectivity index (χ0) is 20.2. The molecule has 9 nitrogen and oxygen atoms in total. The van der Waals surface area contributed by atoms with Crippen LogP contribution in [0.2, 0.25) is 0 Å². The molecule has 0 radical (unpaired) electrons. The minimum absolute atomic E-state index is 0.00670. The Balaban J connectivity index is 1.71. The first kappa shape index (κ1) is 18.6. The average molecular weight is 391 g/mol. The quantitative estimate of drug-likeness (QED) is 0.520. The van der Waals surface area contributed by atoms with E-state index in [2.05, 4.69) is 25.9 Å². The maximum Gasteiger partial charge on any atom is 0.247 e. The largest absolute Gasteiger partial charge is 0.490 e. The maximum absolute atomic E-state index is 12.5. The normalized spacial score (nSPS) is 11.1. The summed E-state index contributed by atoms with van der Waals surface area (Å²) >= 11 is 0. The molecule has 0 aliphatic heterocycles. The van der Waals surface area contributed by atoms with Crippen molar-refractivity contribution in [1.82, 2.24) is 30.0 Å². The Morgan fingerprint density at radius 1 is 1.14 bits per heavy atom. The molecule has 0 fully saturated rings. The lowest BCUT2D eigenvalue weighted by molar-refractivity contribution is -0.116. The van der Waals surface area contributed by atoms with Gasteiger partial charge in [0.25, 0.3) is 0 Å². The topological polar surface area (TPSA) is 99.8 Å². The lowest BCUT2D eigenvalue weighted by Gasteiger charge is -2.11. The number of tetrazole rings is 1. The third-order valence-corrected chi connectivity index (χ3v) is 4.23. The monoisotopic (exact) mass is 391 g/mol. The summed E-state index contributed by atoms with van der Waals surface area (Å²) in [6.45, 7) is 4.49. The minimum Gasteiger partial charge on any atom is -0.490 e. The number of nitrogens with zero attached hydrogens (tertiary/aromatic N) is 6. The van der Waals surface area contributed by atoms with Crippen molar-refractivity contribution in [3.8, 4) is 5.75 Å². The van der Waals surface area contributed by atoms with Gasteiger partial charge < -0.3 is 10.1 Å². The smallest absolute Gasteiger partial charge is 0.247 e. The molecule has 0 spiro atoms. The van der Waals surface area contributed by atoms with E-state index < -0.39 is 0 Å². The number of benzene rings is 2. The minimum atomic E-state index is -0.275.